The molecule has 0 atom stereocenters. The summed E-state index contributed by atoms with van der Waals surface area (Å²) >= 11 is 6.74. The first kappa shape index (κ1) is 18.1. The van der Waals surface area contributed by atoms with Gasteiger partial charge < -0.3 is 10.2 Å². The SMILES string of the molecule is O=C(CNS(=O)(=O)c1ccc(Cl)s1)N1CCC(NCC2CC2)CC1. The van der Waals surface area contributed by atoms with Crippen LogP contribution in [0.4, 0.5) is 0 Å². The van der Waals surface area contributed by atoms with Gasteiger partial charge in [0.2, 0.25) is 5.91 Å². The van der Waals surface area contributed by atoms with Gasteiger partial charge in [0.25, 0.3) is 10.0 Å². The second-order valence-corrected chi connectivity index (χ2v) is 10.1. The third-order valence-electron chi connectivity index (χ3n) is 4.47. The highest BCUT2D eigenvalue weighted by Gasteiger charge is 2.26. The van der Waals surface area contributed by atoms with Crippen LogP contribution in [0.15, 0.2) is 16.3 Å². The zero-order valence-electron chi connectivity index (χ0n) is 13.3. The molecule has 3 rings (SSSR count). The van der Waals surface area contributed by atoms with Crippen LogP contribution >= 0.6 is 22.9 Å². The first-order valence-corrected chi connectivity index (χ1v) is 10.9. The molecule has 1 aromatic heterocycles. The Bertz CT molecular complexity index is 680. The van der Waals surface area contributed by atoms with Gasteiger partial charge in [0, 0.05) is 19.1 Å². The van der Waals surface area contributed by atoms with Crippen LogP contribution in [0.1, 0.15) is 25.7 Å². The quantitative estimate of drug-likeness (QED) is 0.741. The number of carbonyl (C=O) groups excluding carboxylic acids is 1. The molecular weight excluding hydrogens is 370 g/mol. The van der Waals surface area contributed by atoms with Crippen molar-refractivity contribution in [3.05, 3.63) is 16.5 Å². The van der Waals surface area contributed by atoms with E-state index < -0.39 is 10.0 Å². The normalized spacial score (nSPS) is 19.6. The highest BCUT2D eigenvalue weighted by atomic mass is 35.5. The molecule has 0 bridgehead atoms. The summed E-state index contributed by atoms with van der Waals surface area (Å²) in [4.78, 5) is 14.0. The first-order valence-electron chi connectivity index (χ1n) is 8.20. The summed E-state index contributed by atoms with van der Waals surface area (Å²) in [6, 6.07) is 3.44. The maximum absolute atomic E-state index is 12.2. The third-order valence-corrected chi connectivity index (χ3v) is 7.59. The van der Waals surface area contributed by atoms with E-state index in [4.69, 9.17) is 11.6 Å². The van der Waals surface area contributed by atoms with Gasteiger partial charge in [-0.25, -0.2) is 13.1 Å². The lowest BCUT2D eigenvalue weighted by Gasteiger charge is -2.32. The predicted octanol–water partition coefficient (Wildman–Crippen LogP) is 1.67. The molecule has 0 radical (unpaired) electrons. The van der Waals surface area contributed by atoms with Crippen molar-refractivity contribution in [2.24, 2.45) is 5.92 Å². The lowest BCUT2D eigenvalue weighted by molar-refractivity contribution is -0.131. The van der Waals surface area contributed by atoms with Gasteiger partial charge in [-0.1, -0.05) is 11.6 Å². The van der Waals surface area contributed by atoms with E-state index in [1.165, 1.54) is 25.0 Å². The number of hydrogen-bond acceptors (Lipinski definition) is 5. The van der Waals surface area contributed by atoms with E-state index in [9.17, 15) is 13.2 Å². The number of hydrogen-bond donors (Lipinski definition) is 2. The van der Waals surface area contributed by atoms with E-state index in [-0.39, 0.29) is 16.7 Å². The summed E-state index contributed by atoms with van der Waals surface area (Å²) in [6.45, 7) is 2.22. The number of thiophene rings is 1. The lowest BCUT2D eigenvalue weighted by atomic mass is 10.0. The second kappa shape index (κ2) is 7.70. The molecule has 6 nitrogen and oxygen atoms in total. The van der Waals surface area contributed by atoms with Gasteiger partial charge in [0.1, 0.15) is 4.21 Å². The van der Waals surface area contributed by atoms with Gasteiger partial charge in [0.05, 0.1) is 10.9 Å². The first-order chi connectivity index (χ1) is 11.4. The molecule has 0 spiro atoms. The number of rotatable bonds is 7. The Balaban J connectivity index is 1.42. The van der Waals surface area contributed by atoms with Gasteiger partial charge in [-0.2, -0.15) is 0 Å². The molecule has 2 N–H and O–H groups in total. The average Bonchev–Trinajstić information content (AvgIpc) is 3.30. The van der Waals surface area contributed by atoms with Crippen LogP contribution in [0, 0.1) is 5.92 Å². The minimum Gasteiger partial charge on any atom is -0.341 e. The van der Waals surface area contributed by atoms with E-state index in [1.807, 2.05) is 0 Å². The van der Waals surface area contributed by atoms with Crippen molar-refractivity contribution in [2.45, 2.75) is 35.9 Å². The van der Waals surface area contributed by atoms with Crippen LogP contribution in [-0.4, -0.2) is 51.4 Å². The molecule has 9 heteroatoms. The van der Waals surface area contributed by atoms with Gasteiger partial charge in [-0.15, -0.1) is 11.3 Å². The molecule has 2 aliphatic rings. The van der Waals surface area contributed by atoms with E-state index in [2.05, 4.69) is 10.0 Å². The smallest absolute Gasteiger partial charge is 0.250 e. The zero-order valence-corrected chi connectivity index (χ0v) is 15.7. The molecule has 0 unspecified atom stereocenters. The summed E-state index contributed by atoms with van der Waals surface area (Å²) in [7, 11) is -3.67. The summed E-state index contributed by atoms with van der Waals surface area (Å²) in [5, 5.41) is 3.56. The van der Waals surface area contributed by atoms with Crippen LogP contribution in [0.25, 0.3) is 0 Å². The number of carbonyl (C=O) groups is 1. The summed E-state index contributed by atoms with van der Waals surface area (Å²) < 4.78 is 27.1. The number of piperidine rings is 1. The van der Waals surface area contributed by atoms with Crippen molar-refractivity contribution >= 4 is 38.9 Å². The maximum atomic E-state index is 12.2. The number of halogens is 1. The van der Waals surface area contributed by atoms with Crippen molar-refractivity contribution < 1.29 is 13.2 Å². The Hall–Kier alpha value is -0.670. The number of amides is 1. The number of nitrogens with one attached hydrogen (secondary N) is 2. The van der Waals surface area contributed by atoms with Crippen LogP contribution in [0.5, 0.6) is 0 Å². The van der Waals surface area contributed by atoms with Crippen LogP contribution in [-0.2, 0) is 14.8 Å². The molecule has 1 aromatic rings. The van der Waals surface area contributed by atoms with E-state index in [0.717, 1.165) is 36.6 Å². The van der Waals surface area contributed by atoms with Crippen molar-refractivity contribution in [3.63, 3.8) is 0 Å². The molecule has 2 fully saturated rings. The fourth-order valence-corrected chi connectivity index (χ4v) is 5.27. The Morgan fingerprint density at radius 3 is 2.54 bits per heavy atom. The molecule has 1 aliphatic heterocycles. The van der Waals surface area contributed by atoms with Gasteiger partial charge in [-0.3, -0.25) is 4.79 Å². The summed E-state index contributed by atoms with van der Waals surface area (Å²) in [5.41, 5.74) is 0. The monoisotopic (exact) mass is 391 g/mol. The standard InChI is InChI=1S/C15H22ClN3O3S2/c16-13-3-4-15(23-13)24(21,22)18-10-14(20)19-7-5-12(6-8-19)17-9-11-1-2-11/h3-4,11-12,17-18H,1-2,5-10H2. The minimum absolute atomic E-state index is 0.128. The Kier molecular flexibility index (Phi) is 5.82. The van der Waals surface area contributed by atoms with E-state index in [1.54, 1.807) is 4.90 Å². The van der Waals surface area contributed by atoms with Crippen molar-refractivity contribution in [2.75, 3.05) is 26.2 Å². The highest BCUT2D eigenvalue weighted by molar-refractivity contribution is 7.91. The fourth-order valence-electron chi connectivity index (χ4n) is 2.77. The van der Waals surface area contributed by atoms with E-state index >= 15 is 0 Å². The highest BCUT2D eigenvalue weighted by Crippen LogP contribution is 2.28. The summed E-state index contributed by atoms with van der Waals surface area (Å²) in [5.74, 6) is 0.673. The Morgan fingerprint density at radius 2 is 1.96 bits per heavy atom. The second-order valence-electron chi connectivity index (χ2n) is 6.39. The summed E-state index contributed by atoms with van der Waals surface area (Å²) in [6.07, 6.45) is 4.51. The topological polar surface area (TPSA) is 78.5 Å². The molecule has 2 heterocycles. The Morgan fingerprint density at radius 1 is 1.25 bits per heavy atom. The molecule has 1 saturated heterocycles. The van der Waals surface area contributed by atoms with Crippen LogP contribution in [0.2, 0.25) is 4.34 Å². The van der Waals surface area contributed by atoms with Gasteiger partial charge >= 0.3 is 0 Å². The van der Waals surface area contributed by atoms with Crippen LogP contribution < -0.4 is 10.0 Å². The largest absolute Gasteiger partial charge is 0.341 e. The molecule has 24 heavy (non-hydrogen) atoms. The lowest BCUT2D eigenvalue weighted by Crippen LogP contribution is -2.48. The molecule has 1 saturated carbocycles. The Labute approximate surface area is 151 Å². The van der Waals surface area contributed by atoms with Crippen molar-refractivity contribution in [1.29, 1.82) is 0 Å². The van der Waals surface area contributed by atoms with E-state index in [0.29, 0.717) is 23.5 Å². The molecular formula is C15H22ClN3O3S2. The predicted molar refractivity (Wildman–Crippen MR) is 94.8 cm³/mol. The molecule has 0 aromatic carbocycles. The van der Waals surface area contributed by atoms with Gasteiger partial charge in [-0.05, 0) is 50.3 Å². The number of likely N-dealkylation sites (tertiary alicyclic amines) is 1. The molecule has 1 amide bonds. The minimum atomic E-state index is -3.67. The fraction of sp³-hybridized carbons (Fsp3) is 0.667. The maximum Gasteiger partial charge on any atom is 0.250 e. The van der Waals surface area contributed by atoms with Gasteiger partial charge in [0.15, 0.2) is 0 Å². The number of sulfonamides is 1. The zero-order chi connectivity index (χ0) is 17.2. The third kappa shape index (κ3) is 4.92. The van der Waals surface area contributed by atoms with Crippen molar-refractivity contribution in [1.82, 2.24) is 14.9 Å². The number of nitrogens with zero attached hydrogens (tertiary/aromatic N) is 1. The van der Waals surface area contributed by atoms with Crippen LogP contribution in [0.3, 0.4) is 0 Å². The molecule has 1 aliphatic carbocycles. The van der Waals surface area contributed by atoms with Crippen molar-refractivity contribution in [3.8, 4) is 0 Å². The molecule has 134 valence electrons. The average molecular weight is 392 g/mol.